The van der Waals surface area contributed by atoms with Gasteiger partial charge in [0.15, 0.2) is 0 Å². The number of nitrogens with two attached hydrogens (primary N) is 2. The molecule has 22 heavy (non-hydrogen) atoms. The smallest absolute Gasteiger partial charge is 0.00773 e. The van der Waals surface area contributed by atoms with E-state index in [1.54, 1.807) is 0 Å². The third-order valence-corrected chi connectivity index (χ3v) is 5.20. The summed E-state index contributed by atoms with van der Waals surface area (Å²) in [6.45, 7) is 6.64. The highest BCUT2D eigenvalue weighted by atomic mass is 14.5. The van der Waals surface area contributed by atoms with Crippen LogP contribution in [0.2, 0.25) is 0 Å². The second-order valence-corrected chi connectivity index (χ2v) is 7.35. The van der Waals surface area contributed by atoms with E-state index in [-0.39, 0.29) is 0 Å². The Bertz CT molecular complexity index is 184. The van der Waals surface area contributed by atoms with Crippen molar-refractivity contribution in [3.05, 3.63) is 0 Å². The minimum Gasteiger partial charge on any atom is -0.330 e. The van der Waals surface area contributed by atoms with Gasteiger partial charge in [0.25, 0.3) is 0 Å². The molecule has 0 fully saturated rings. The van der Waals surface area contributed by atoms with Crippen molar-refractivity contribution in [2.45, 2.75) is 104 Å². The molecule has 2 heteroatoms. The Hall–Kier alpha value is -0.0800. The van der Waals surface area contributed by atoms with Crippen molar-refractivity contribution in [1.29, 1.82) is 0 Å². The van der Waals surface area contributed by atoms with Gasteiger partial charge in [-0.1, -0.05) is 90.9 Å². The van der Waals surface area contributed by atoms with Crippen LogP contribution in [0.1, 0.15) is 104 Å². The summed E-state index contributed by atoms with van der Waals surface area (Å²) in [6, 6.07) is 0. The Kier molecular flexibility index (Phi) is 17.2. The summed E-state index contributed by atoms with van der Waals surface area (Å²) < 4.78 is 0. The van der Waals surface area contributed by atoms with Crippen LogP contribution in [-0.4, -0.2) is 13.1 Å². The molecule has 0 bridgehead atoms. The molecule has 0 amide bonds. The fraction of sp³-hybridized carbons (Fsp3) is 1.00. The fourth-order valence-electron chi connectivity index (χ4n) is 3.20. The molecule has 0 saturated carbocycles. The van der Waals surface area contributed by atoms with Crippen LogP contribution in [0.15, 0.2) is 0 Å². The maximum Gasteiger partial charge on any atom is -0.00773 e. The van der Waals surface area contributed by atoms with Crippen LogP contribution in [0.5, 0.6) is 0 Å². The van der Waals surface area contributed by atoms with Gasteiger partial charge in [0, 0.05) is 0 Å². The van der Waals surface area contributed by atoms with Crippen molar-refractivity contribution in [2.75, 3.05) is 13.1 Å². The van der Waals surface area contributed by atoms with Crippen molar-refractivity contribution in [3.63, 3.8) is 0 Å². The summed E-state index contributed by atoms with van der Waals surface area (Å²) in [4.78, 5) is 0. The lowest BCUT2D eigenvalue weighted by Gasteiger charge is -2.19. The van der Waals surface area contributed by atoms with Crippen LogP contribution >= 0.6 is 0 Å². The second kappa shape index (κ2) is 17.3. The van der Waals surface area contributed by atoms with E-state index in [1.165, 1.54) is 89.9 Å². The van der Waals surface area contributed by atoms with E-state index in [9.17, 15) is 0 Å². The summed E-state index contributed by atoms with van der Waals surface area (Å²) in [5.74, 6) is 1.81. The van der Waals surface area contributed by atoms with E-state index in [0.29, 0.717) is 0 Å². The molecule has 0 unspecified atom stereocenters. The summed E-state index contributed by atoms with van der Waals surface area (Å²) >= 11 is 0. The summed E-state index contributed by atoms with van der Waals surface area (Å²) in [5, 5.41) is 0. The molecule has 0 aliphatic heterocycles. The first-order valence-electron chi connectivity index (χ1n) is 10.1. The van der Waals surface area contributed by atoms with Gasteiger partial charge in [-0.2, -0.15) is 0 Å². The Labute approximate surface area is 140 Å². The van der Waals surface area contributed by atoms with Gasteiger partial charge in [0.2, 0.25) is 0 Å². The fourth-order valence-corrected chi connectivity index (χ4v) is 3.20. The van der Waals surface area contributed by atoms with Crippen molar-refractivity contribution in [3.8, 4) is 0 Å². The molecule has 0 radical (unpaired) electrons. The van der Waals surface area contributed by atoms with Crippen molar-refractivity contribution >= 4 is 0 Å². The van der Waals surface area contributed by atoms with Crippen molar-refractivity contribution in [2.24, 2.45) is 23.3 Å². The van der Waals surface area contributed by atoms with E-state index in [4.69, 9.17) is 11.5 Å². The van der Waals surface area contributed by atoms with Gasteiger partial charge in [0.1, 0.15) is 0 Å². The predicted molar refractivity (Wildman–Crippen MR) is 101 cm³/mol. The molecule has 0 aromatic heterocycles. The molecule has 0 aliphatic rings. The molecule has 0 heterocycles. The molecule has 0 aromatic rings. The number of hydrogen-bond donors (Lipinski definition) is 2. The van der Waals surface area contributed by atoms with Crippen molar-refractivity contribution < 1.29 is 0 Å². The molecule has 0 rings (SSSR count). The quantitative estimate of drug-likeness (QED) is 0.342. The molecule has 0 aliphatic carbocycles. The Balaban J connectivity index is 3.33. The zero-order valence-corrected chi connectivity index (χ0v) is 15.6. The van der Waals surface area contributed by atoms with Gasteiger partial charge in [-0.25, -0.2) is 0 Å². The van der Waals surface area contributed by atoms with E-state index in [0.717, 1.165) is 24.9 Å². The number of hydrogen-bond acceptors (Lipinski definition) is 2. The second-order valence-electron chi connectivity index (χ2n) is 7.35. The highest BCUT2D eigenvalue weighted by molar-refractivity contribution is 4.63. The molecule has 2 atom stereocenters. The van der Waals surface area contributed by atoms with Crippen LogP contribution < -0.4 is 11.5 Å². The van der Waals surface area contributed by atoms with Gasteiger partial charge in [0.05, 0.1) is 0 Å². The molecule has 4 N–H and O–H groups in total. The average Bonchev–Trinajstić information content (AvgIpc) is 2.52. The van der Waals surface area contributed by atoms with Gasteiger partial charge < -0.3 is 11.5 Å². The molecule has 0 saturated heterocycles. The minimum atomic E-state index is 0.863. The van der Waals surface area contributed by atoms with Gasteiger partial charge in [-0.3, -0.25) is 0 Å². The highest BCUT2D eigenvalue weighted by Crippen LogP contribution is 2.24. The largest absolute Gasteiger partial charge is 0.330 e. The van der Waals surface area contributed by atoms with Gasteiger partial charge >= 0.3 is 0 Å². The summed E-state index contributed by atoms with van der Waals surface area (Å²) in [7, 11) is 0. The standard InChI is InChI=1S/C20H44N2/c1-19(15-11-7-3-5-9-13-17-21)20(2)16-12-8-4-6-10-14-18-22/h19-20H,3-18,21-22H2,1-2H3/t19-,20+. The summed E-state index contributed by atoms with van der Waals surface area (Å²) in [6.07, 6.45) is 19.2. The Morgan fingerprint density at radius 2 is 0.727 bits per heavy atom. The molecule has 0 aromatic carbocycles. The average molecular weight is 313 g/mol. The van der Waals surface area contributed by atoms with E-state index in [2.05, 4.69) is 13.8 Å². The van der Waals surface area contributed by atoms with Crippen LogP contribution in [0.4, 0.5) is 0 Å². The maximum atomic E-state index is 5.52. The first kappa shape index (κ1) is 21.9. The lowest BCUT2D eigenvalue weighted by molar-refractivity contribution is 0.322. The molecule has 134 valence electrons. The van der Waals surface area contributed by atoms with Crippen LogP contribution in [-0.2, 0) is 0 Å². The molecule has 2 nitrogen and oxygen atoms in total. The van der Waals surface area contributed by atoms with E-state index >= 15 is 0 Å². The minimum absolute atomic E-state index is 0.863. The number of unbranched alkanes of at least 4 members (excludes halogenated alkanes) is 10. The summed E-state index contributed by atoms with van der Waals surface area (Å²) in [5.41, 5.74) is 11.0. The topological polar surface area (TPSA) is 52.0 Å². The zero-order chi connectivity index (χ0) is 16.5. The SMILES string of the molecule is C[C@H](CCCCCCCCN)[C@@H](C)CCCCCCCCN. The lowest BCUT2D eigenvalue weighted by Crippen LogP contribution is -2.08. The van der Waals surface area contributed by atoms with Crippen molar-refractivity contribution in [1.82, 2.24) is 0 Å². The van der Waals surface area contributed by atoms with Gasteiger partial charge in [-0.05, 0) is 37.8 Å². The lowest BCUT2D eigenvalue weighted by atomic mass is 9.86. The molecular weight excluding hydrogens is 268 g/mol. The third kappa shape index (κ3) is 14.8. The zero-order valence-electron chi connectivity index (χ0n) is 15.6. The first-order chi connectivity index (χ1) is 10.7. The number of rotatable bonds is 17. The molecular formula is C20H44N2. The van der Waals surface area contributed by atoms with Gasteiger partial charge in [-0.15, -0.1) is 0 Å². The predicted octanol–water partition coefficient (Wildman–Crippen LogP) is 5.64. The first-order valence-corrected chi connectivity index (χ1v) is 10.1. The monoisotopic (exact) mass is 312 g/mol. The third-order valence-electron chi connectivity index (χ3n) is 5.20. The maximum absolute atomic E-state index is 5.52. The molecule has 0 spiro atoms. The van der Waals surface area contributed by atoms with Crippen LogP contribution in [0, 0.1) is 11.8 Å². The highest BCUT2D eigenvalue weighted by Gasteiger charge is 2.11. The van der Waals surface area contributed by atoms with Crippen LogP contribution in [0.3, 0.4) is 0 Å². The van der Waals surface area contributed by atoms with Crippen LogP contribution in [0.25, 0.3) is 0 Å². The Morgan fingerprint density at radius 3 is 1.05 bits per heavy atom. The van der Waals surface area contributed by atoms with E-state index in [1.807, 2.05) is 0 Å². The normalized spacial score (nSPS) is 14.2. The van der Waals surface area contributed by atoms with E-state index < -0.39 is 0 Å². The Morgan fingerprint density at radius 1 is 0.455 bits per heavy atom.